The third-order valence-corrected chi connectivity index (χ3v) is 4.47. The Morgan fingerprint density at radius 3 is 2.70 bits per heavy atom. The van der Waals surface area contributed by atoms with Crippen LogP contribution in [0.2, 0.25) is 0 Å². The molecule has 1 unspecified atom stereocenters. The number of rotatable bonds is 3. The first kappa shape index (κ1) is 15.6. The van der Waals surface area contributed by atoms with Gasteiger partial charge in [-0.1, -0.05) is 29.8 Å². The lowest BCUT2D eigenvalue weighted by molar-refractivity contribution is 0.275. The van der Waals surface area contributed by atoms with Gasteiger partial charge >= 0.3 is 0 Å². The fourth-order valence-electron chi connectivity index (χ4n) is 2.84. The minimum absolute atomic E-state index is 0.110. The summed E-state index contributed by atoms with van der Waals surface area (Å²) >= 11 is 3.58. The van der Waals surface area contributed by atoms with Crippen LogP contribution in [0.15, 0.2) is 22.7 Å². The van der Waals surface area contributed by atoms with Crippen molar-refractivity contribution in [1.29, 1.82) is 0 Å². The van der Waals surface area contributed by atoms with E-state index in [1.165, 1.54) is 5.69 Å². The first-order chi connectivity index (χ1) is 9.34. The molecule has 0 amide bonds. The summed E-state index contributed by atoms with van der Waals surface area (Å²) < 4.78 is 6.66. The molecular weight excluding hydrogens is 316 g/mol. The van der Waals surface area contributed by atoms with Crippen LogP contribution < -0.4 is 15.0 Å². The second-order valence-electron chi connectivity index (χ2n) is 6.52. The van der Waals surface area contributed by atoms with Crippen LogP contribution in [-0.2, 0) is 0 Å². The molecule has 0 spiro atoms. The molecule has 1 aliphatic rings. The Labute approximate surface area is 130 Å². The quantitative estimate of drug-likeness (QED) is 0.908. The second-order valence-corrected chi connectivity index (χ2v) is 7.44. The van der Waals surface area contributed by atoms with Crippen molar-refractivity contribution in [2.24, 2.45) is 5.92 Å². The van der Waals surface area contributed by atoms with Gasteiger partial charge in [0.2, 0.25) is 0 Å². The summed E-state index contributed by atoms with van der Waals surface area (Å²) in [4.78, 5) is 2.49. The van der Waals surface area contributed by atoms with E-state index in [9.17, 15) is 0 Å². The molecule has 0 aliphatic carbocycles. The summed E-state index contributed by atoms with van der Waals surface area (Å²) in [7, 11) is 1.74. The van der Waals surface area contributed by atoms with Crippen molar-refractivity contribution in [3.05, 3.63) is 22.7 Å². The van der Waals surface area contributed by atoms with Crippen molar-refractivity contribution in [3.63, 3.8) is 0 Å². The Hall–Kier alpha value is -0.740. The van der Waals surface area contributed by atoms with Gasteiger partial charge in [0.1, 0.15) is 5.75 Å². The smallest absolute Gasteiger partial charge is 0.142 e. The van der Waals surface area contributed by atoms with E-state index < -0.39 is 0 Å². The monoisotopic (exact) mass is 340 g/mol. The molecule has 1 fully saturated rings. The number of nitrogens with one attached hydrogen (secondary N) is 1. The number of nitrogens with zero attached hydrogens (tertiary/aromatic N) is 1. The lowest BCUT2D eigenvalue weighted by Gasteiger charge is -2.47. The topological polar surface area (TPSA) is 24.5 Å². The van der Waals surface area contributed by atoms with Gasteiger partial charge in [0.15, 0.2) is 0 Å². The van der Waals surface area contributed by atoms with Crippen LogP contribution in [0.1, 0.15) is 27.7 Å². The van der Waals surface area contributed by atoms with Crippen LogP contribution in [0.3, 0.4) is 0 Å². The molecule has 1 heterocycles. The zero-order valence-corrected chi connectivity index (χ0v) is 14.6. The van der Waals surface area contributed by atoms with E-state index in [4.69, 9.17) is 4.74 Å². The molecular formula is C16H25BrN2O. The maximum absolute atomic E-state index is 5.57. The van der Waals surface area contributed by atoms with Crippen molar-refractivity contribution >= 4 is 21.6 Å². The highest BCUT2D eigenvalue weighted by molar-refractivity contribution is 9.10. The predicted molar refractivity (Wildman–Crippen MR) is 88.7 cm³/mol. The van der Waals surface area contributed by atoms with Crippen molar-refractivity contribution < 1.29 is 4.74 Å². The largest absolute Gasteiger partial charge is 0.495 e. The molecule has 0 aromatic heterocycles. The molecule has 1 aliphatic heterocycles. The molecule has 112 valence electrons. The predicted octanol–water partition coefficient (Wildman–Crippen LogP) is 3.67. The Kier molecular flexibility index (Phi) is 4.65. The van der Waals surface area contributed by atoms with Gasteiger partial charge < -0.3 is 15.0 Å². The fraction of sp³-hybridized carbons (Fsp3) is 0.625. The van der Waals surface area contributed by atoms with E-state index in [-0.39, 0.29) is 5.54 Å². The maximum atomic E-state index is 5.57. The molecule has 1 saturated heterocycles. The van der Waals surface area contributed by atoms with E-state index >= 15 is 0 Å². The SMILES string of the molecule is COc1ccc(Br)cc1N1CC(C)(C)NCC1C(C)C. The van der Waals surface area contributed by atoms with Gasteiger partial charge in [0.05, 0.1) is 12.8 Å². The fourth-order valence-corrected chi connectivity index (χ4v) is 3.19. The molecule has 4 heteroatoms. The van der Waals surface area contributed by atoms with Crippen LogP contribution in [0.5, 0.6) is 5.75 Å². The van der Waals surface area contributed by atoms with Crippen molar-refractivity contribution in [2.45, 2.75) is 39.3 Å². The Morgan fingerprint density at radius 2 is 2.10 bits per heavy atom. The summed E-state index contributed by atoms with van der Waals surface area (Å²) in [5, 5.41) is 3.65. The number of anilines is 1. The molecule has 1 atom stereocenters. The van der Waals surface area contributed by atoms with Crippen LogP contribution in [-0.4, -0.2) is 31.8 Å². The molecule has 1 aromatic carbocycles. The Bertz CT molecular complexity index is 474. The zero-order valence-electron chi connectivity index (χ0n) is 13.0. The highest BCUT2D eigenvalue weighted by Crippen LogP contribution is 2.36. The normalized spacial score (nSPS) is 22.1. The number of benzene rings is 1. The Morgan fingerprint density at radius 1 is 1.40 bits per heavy atom. The van der Waals surface area contributed by atoms with Crippen molar-refractivity contribution in [2.75, 3.05) is 25.1 Å². The second kappa shape index (κ2) is 5.94. The molecule has 0 bridgehead atoms. The molecule has 0 radical (unpaired) electrons. The zero-order chi connectivity index (χ0) is 14.9. The summed E-state index contributed by atoms with van der Waals surface area (Å²) in [6.07, 6.45) is 0. The number of hydrogen-bond donors (Lipinski definition) is 1. The number of piperazine rings is 1. The first-order valence-corrected chi connectivity index (χ1v) is 7.98. The first-order valence-electron chi connectivity index (χ1n) is 7.19. The molecule has 20 heavy (non-hydrogen) atoms. The molecule has 3 nitrogen and oxygen atoms in total. The average Bonchev–Trinajstić information content (AvgIpc) is 2.37. The van der Waals surface area contributed by atoms with Gasteiger partial charge in [0, 0.05) is 29.1 Å². The molecule has 2 rings (SSSR count). The minimum Gasteiger partial charge on any atom is -0.495 e. The van der Waals surface area contributed by atoms with E-state index in [0.717, 1.165) is 23.3 Å². The third-order valence-electron chi connectivity index (χ3n) is 3.98. The van der Waals surface area contributed by atoms with E-state index in [1.807, 2.05) is 12.1 Å². The van der Waals surface area contributed by atoms with E-state index in [2.05, 4.69) is 59.9 Å². The minimum atomic E-state index is 0.110. The lowest BCUT2D eigenvalue weighted by Crippen LogP contribution is -2.63. The summed E-state index contributed by atoms with van der Waals surface area (Å²) in [5.74, 6) is 1.53. The molecule has 0 saturated carbocycles. The van der Waals surface area contributed by atoms with Gasteiger partial charge in [-0.2, -0.15) is 0 Å². The summed E-state index contributed by atoms with van der Waals surface area (Å²) in [6.45, 7) is 11.0. The maximum Gasteiger partial charge on any atom is 0.142 e. The summed E-state index contributed by atoms with van der Waals surface area (Å²) in [5.41, 5.74) is 1.29. The van der Waals surface area contributed by atoms with E-state index in [1.54, 1.807) is 7.11 Å². The summed E-state index contributed by atoms with van der Waals surface area (Å²) in [6, 6.07) is 6.70. The Balaban J connectivity index is 2.42. The van der Waals surface area contributed by atoms with Gasteiger partial charge in [-0.15, -0.1) is 0 Å². The standard InChI is InChI=1S/C16H25BrN2O/c1-11(2)14-9-18-16(3,4)10-19(14)13-8-12(17)6-7-15(13)20-5/h6-8,11,14,18H,9-10H2,1-5H3. The third kappa shape index (κ3) is 3.29. The van der Waals surface area contributed by atoms with Crippen LogP contribution in [0.4, 0.5) is 5.69 Å². The van der Waals surface area contributed by atoms with Crippen LogP contribution in [0.25, 0.3) is 0 Å². The molecule has 1 aromatic rings. The van der Waals surface area contributed by atoms with Gasteiger partial charge in [0.25, 0.3) is 0 Å². The van der Waals surface area contributed by atoms with Gasteiger partial charge in [-0.3, -0.25) is 0 Å². The number of methoxy groups -OCH3 is 1. The van der Waals surface area contributed by atoms with Crippen molar-refractivity contribution in [3.8, 4) is 5.75 Å². The van der Waals surface area contributed by atoms with Crippen LogP contribution in [0, 0.1) is 5.92 Å². The molecule has 1 N–H and O–H groups in total. The number of hydrogen-bond acceptors (Lipinski definition) is 3. The highest BCUT2D eigenvalue weighted by Gasteiger charge is 2.35. The number of halogens is 1. The number of ether oxygens (including phenoxy) is 1. The van der Waals surface area contributed by atoms with Crippen LogP contribution >= 0.6 is 15.9 Å². The van der Waals surface area contributed by atoms with Gasteiger partial charge in [-0.05, 0) is 38.0 Å². The highest BCUT2D eigenvalue weighted by atomic mass is 79.9. The lowest BCUT2D eigenvalue weighted by atomic mass is 9.92. The van der Waals surface area contributed by atoms with E-state index in [0.29, 0.717) is 12.0 Å². The van der Waals surface area contributed by atoms with Crippen molar-refractivity contribution in [1.82, 2.24) is 5.32 Å². The average molecular weight is 341 g/mol. The van der Waals surface area contributed by atoms with Gasteiger partial charge in [-0.25, -0.2) is 0 Å².